The number of esters is 1. The highest BCUT2D eigenvalue weighted by molar-refractivity contribution is 6.32. The number of hydrogen-bond donors (Lipinski definition) is 1. The number of anilines is 1. The topological polar surface area (TPSA) is 125 Å². The number of nitrogens with zero attached hydrogens (tertiary/aromatic N) is 4. The van der Waals surface area contributed by atoms with Crippen LogP contribution in [0, 0.1) is 18.3 Å². The van der Waals surface area contributed by atoms with Crippen molar-refractivity contribution in [3.8, 4) is 11.9 Å². The van der Waals surface area contributed by atoms with Gasteiger partial charge in [-0.2, -0.15) is 15.4 Å². The minimum absolute atomic E-state index is 0.145. The quantitative estimate of drug-likeness (QED) is 0.583. The molecule has 1 aromatic carbocycles. The predicted octanol–water partition coefficient (Wildman–Crippen LogP) is 2.10. The number of rotatable bonds is 5. The Morgan fingerprint density at radius 1 is 1.26 bits per heavy atom. The van der Waals surface area contributed by atoms with Gasteiger partial charge in [-0.3, -0.25) is 19.0 Å². The van der Waals surface area contributed by atoms with E-state index in [0.717, 1.165) is 4.57 Å². The van der Waals surface area contributed by atoms with Crippen molar-refractivity contribution in [2.45, 2.75) is 27.3 Å². The molecule has 0 unspecified atom stereocenters. The van der Waals surface area contributed by atoms with Crippen molar-refractivity contribution < 1.29 is 19.4 Å². The first-order valence-electron chi connectivity index (χ1n) is 9.42. The maximum absolute atomic E-state index is 13.0. The lowest BCUT2D eigenvalue weighted by atomic mass is 10.0. The molecule has 1 aliphatic rings. The molecule has 1 N–H and O–H groups in total. The van der Waals surface area contributed by atoms with E-state index in [2.05, 4.69) is 5.10 Å². The molecule has 0 saturated heterocycles. The fraction of sp³-hybridized carbons (Fsp3) is 0.227. The summed E-state index contributed by atoms with van der Waals surface area (Å²) < 4.78 is 5.79. The standard InChI is InChI=1S/C22H20N4O5/c1-13-17(20(28)25(9-10-31-15(3)27)21(29)19(13)12-23)11-18-14(2)24-26(22(18)30)16-7-5-4-6-8-16/h4-8,11,28H,9-10H2,1-3H3/b18-11+. The number of hydrogen-bond acceptors (Lipinski definition) is 7. The Balaban J connectivity index is 2.08. The number of pyridine rings is 1. The molecule has 2 heterocycles. The molecule has 2 aromatic rings. The summed E-state index contributed by atoms with van der Waals surface area (Å²) in [5.74, 6) is -1.37. The zero-order valence-corrected chi connectivity index (χ0v) is 17.2. The highest BCUT2D eigenvalue weighted by atomic mass is 16.5. The van der Waals surface area contributed by atoms with Crippen molar-refractivity contribution in [1.29, 1.82) is 5.26 Å². The second-order valence-electron chi connectivity index (χ2n) is 6.84. The van der Waals surface area contributed by atoms with Crippen molar-refractivity contribution in [2.24, 2.45) is 5.10 Å². The summed E-state index contributed by atoms with van der Waals surface area (Å²) >= 11 is 0. The summed E-state index contributed by atoms with van der Waals surface area (Å²) in [6, 6.07) is 10.7. The van der Waals surface area contributed by atoms with Crippen molar-refractivity contribution in [2.75, 3.05) is 11.6 Å². The highest BCUT2D eigenvalue weighted by Gasteiger charge is 2.30. The van der Waals surface area contributed by atoms with E-state index in [9.17, 15) is 24.8 Å². The van der Waals surface area contributed by atoms with Crippen LogP contribution in [-0.4, -0.2) is 33.9 Å². The summed E-state index contributed by atoms with van der Waals surface area (Å²) in [4.78, 5) is 36.6. The van der Waals surface area contributed by atoms with Gasteiger partial charge >= 0.3 is 5.97 Å². The molecule has 0 spiro atoms. The van der Waals surface area contributed by atoms with Crippen LogP contribution in [0.3, 0.4) is 0 Å². The number of nitriles is 1. The van der Waals surface area contributed by atoms with Crippen LogP contribution in [0.15, 0.2) is 45.8 Å². The highest BCUT2D eigenvalue weighted by Crippen LogP contribution is 2.29. The number of para-hydroxylation sites is 1. The second-order valence-corrected chi connectivity index (χ2v) is 6.84. The Labute approximate surface area is 178 Å². The van der Waals surface area contributed by atoms with Crippen LogP contribution in [0.1, 0.15) is 30.5 Å². The van der Waals surface area contributed by atoms with Crippen LogP contribution in [0.5, 0.6) is 5.88 Å². The third-order valence-corrected chi connectivity index (χ3v) is 4.82. The van der Waals surface area contributed by atoms with Gasteiger partial charge in [-0.25, -0.2) is 0 Å². The third kappa shape index (κ3) is 4.09. The van der Waals surface area contributed by atoms with Gasteiger partial charge in [0.15, 0.2) is 0 Å². The molecule has 9 nitrogen and oxygen atoms in total. The van der Waals surface area contributed by atoms with E-state index in [0.29, 0.717) is 11.4 Å². The van der Waals surface area contributed by atoms with Gasteiger partial charge in [0.05, 0.1) is 23.5 Å². The molecule has 1 aromatic heterocycles. The molecule has 1 amide bonds. The number of aromatic nitrogens is 1. The predicted molar refractivity (Wildman–Crippen MR) is 113 cm³/mol. The van der Waals surface area contributed by atoms with E-state index in [1.54, 1.807) is 31.2 Å². The largest absolute Gasteiger partial charge is 0.494 e. The summed E-state index contributed by atoms with van der Waals surface area (Å²) in [6.07, 6.45) is 1.41. The van der Waals surface area contributed by atoms with E-state index in [1.165, 1.54) is 24.9 Å². The number of amides is 1. The van der Waals surface area contributed by atoms with E-state index in [1.807, 2.05) is 12.1 Å². The second kappa shape index (κ2) is 8.67. The van der Waals surface area contributed by atoms with Gasteiger partial charge in [0.1, 0.15) is 18.2 Å². The molecule has 9 heteroatoms. The van der Waals surface area contributed by atoms with Gasteiger partial charge in [0.2, 0.25) is 5.88 Å². The molecule has 0 radical (unpaired) electrons. The molecule has 3 rings (SSSR count). The minimum atomic E-state index is -0.708. The molecular formula is C22H20N4O5. The average Bonchev–Trinajstić information content (AvgIpc) is 3.02. The Bertz CT molecular complexity index is 1220. The van der Waals surface area contributed by atoms with E-state index in [4.69, 9.17) is 4.74 Å². The SMILES string of the molecule is CC(=O)OCCn1c(O)c(/C=C2/C(=O)N(c3ccccc3)N=C2C)c(C)c(C#N)c1=O. The molecule has 158 valence electrons. The van der Waals surface area contributed by atoms with Crippen LogP contribution in [0.25, 0.3) is 6.08 Å². The number of ether oxygens (including phenoxy) is 1. The zero-order valence-electron chi connectivity index (χ0n) is 17.2. The number of carbonyl (C=O) groups is 2. The van der Waals surface area contributed by atoms with Crippen molar-refractivity contribution in [1.82, 2.24) is 4.57 Å². The lowest BCUT2D eigenvalue weighted by Gasteiger charge is -2.15. The van der Waals surface area contributed by atoms with Gasteiger partial charge in [-0.1, -0.05) is 18.2 Å². The summed E-state index contributed by atoms with van der Waals surface area (Å²) in [7, 11) is 0. The van der Waals surface area contributed by atoms with Crippen LogP contribution in [0.2, 0.25) is 0 Å². The smallest absolute Gasteiger partial charge is 0.302 e. The molecule has 0 fully saturated rings. The molecule has 0 bridgehead atoms. The maximum Gasteiger partial charge on any atom is 0.302 e. The van der Waals surface area contributed by atoms with Crippen molar-refractivity contribution >= 4 is 29.4 Å². The normalized spacial score (nSPS) is 14.5. The minimum Gasteiger partial charge on any atom is -0.494 e. The van der Waals surface area contributed by atoms with Gasteiger partial charge in [-0.05, 0) is 37.6 Å². The Morgan fingerprint density at radius 2 is 1.94 bits per heavy atom. The first-order valence-corrected chi connectivity index (χ1v) is 9.42. The van der Waals surface area contributed by atoms with Crippen molar-refractivity contribution in [3.05, 3.63) is 62.9 Å². The third-order valence-electron chi connectivity index (χ3n) is 4.82. The first kappa shape index (κ1) is 21.5. The molecule has 31 heavy (non-hydrogen) atoms. The van der Waals surface area contributed by atoms with E-state index < -0.39 is 23.3 Å². The number of hydrazone groups is 1. The molecular weight excluding hydrogens is 400 g/mol. The van der Waals surface area contributed by atoms with Crippen LogP contribution in [0.4, 0.5) is 5.69 Å². The van der Waals surface area contributed by atoms with Gasteiger partial charge in [0, 0.05) is 12.5 Å². The lowest BCUT2D eigenvalue weighted by molar-refractivity contribution is -0.141. The summed E-state index contributed by atoms with van der Waals surface area (Å²) in [5, 5.41) is 25.7. The Hall–Kier alpha value is -4.19. The molecule has 0 atom stereocenters. The summed E-state index contributed by atoms with van der Waals surface area (Å²) in [5.41, 5.74) is 0.723. The maximum atomic E-state index is 13.0. The number of aromatic hydroxyl groups is 1. The Morgan fingerprint density at radius 3 is 2.55 bits per heavy atom. The van der Waals surface area contributed by atoms with E-state index >= 15 is 0 Å². The van der Waals surface area contributed by atoms with Gasteiger partial charge < -0.3 is 9.84 Å². The molecule has 1 aliphatic heterocycles. The fourth-order valence-electron chi connectivity index (χ4n) is 3.20. The van der Waals surface area contributed by atoms with Crippen molar-refractivity contribution in [3.63, 3.8) is 0 Å². The molecule has 0 saturated carbocycles. The van der Waals surface area contributed by atoms with Crippen LogP contribution < -0.4 is 10.6 Å². The fourth-order valence-corrected chi connectivity index (χ4v) is 3.20. The van der Waals surface area contributed by atoms with Gasteiger partial charge in [0.25, 0.3) is 11.5 Å². The first-order chi connectivity index (χ1) is 14.8. The number of carbonyl (C=O) groups excluding carboxylic acids is 2. The number of benzene rings is 1. The monoisotopic (exact) mass is 420 g/mol. The molecule has 0 aliphatic carbocycles. The summed E-state index contributed by atoms with van der Waals surface area (Å²) in [6.45, 7) is 4.09. The van der Waals surface area contributed by atoms with Crippen LogP contribution >= 0.6 is 0 Å². The average molecular weight is 420 g/mol. The lowest BCUT2D eigenvalue weighted by Crippen LogP contribution is -2.27. The Kier molecular flexibility index (Phi) is 6.02. The zero-order chi connectivity index (χ0) is 22.7. The van der Waals surface area contributed by atoms with E-state index in [-0.39, 0.29) is 35.4 Å². The van der Waals surface area contributed by atoms with Gasteiger partial charge in [-0.15, -0.1) is 0 Å². The van der Waals surface area contributed by atoms with Crippen LogP contribution in [-0.2, 0) is 20.9 Å².